The number of carbonyl (C=O) groups is 1. The van der Waals surface area contributed by atoms with E-state index in [9.17, 15) is 9.59 Å². The highest BCUT2D eigenvalue weighted by molar-refractivity contribution is 5.79. The number of hydrogen-bond donors (Lipinski definition) is 1. The molecule has 3 aromatic rings. The highest BCUT2D eigenvalue weighted by Gasteiger charge is 2.27. The molecule has 7 nitrogen and oxygen atoms in total. The van der Waals surface area contributed by atoms with Crippen LogP contribution in [-0.4, -0.2) is 33.5 Å². The smallest absolute Gasteiger partial charge is 0.293 e. The van der Waals surface area contributed by atoms with E-state index in [0.717, 1.165) is 16.6 Å². The fraction of sp³-hybridized carbons (Fsp3) is 0.364. The van der Waals surface area contributed by atoms with Gasteiger partial charge in [-0.05, 0) is 43.5 Å². The minimum Gasteiger partial charge on any atom is -0.352 e. The molecule has 0 saturated carbocycles. The summed E-state index contributed by atoms with van der Waals surface area (Å²) in [6.45, 7) is 4.35. The molecule has 1 aliphatic rings. The largest absolute Gasteiger partial charge is 0.352 e. The molecule has 3 heterocycles. The Morgan fingerprint density at radius 3 is 2.69 bits per heavy atom. The lowest BCUT2D eigenvalue weighted by atomic mass is 9.96. The zero-order chi connectivity index (χ0) is 20.2. The summed E-state index contributed by atoms with van der Waals surface area (Å²) in [6.07, 6.45) is 4.89. The Labute approximate surface area is 169 Å². The van der Waals surface area contributed by atoms with Gasteiger partial charge < -0.3 is 14.8 Å². The van der Waals surface area contributed by atoms with E-state index in [-0.39, 0.29) is 17.4 Å². The van der Waals surface area contributed by atoms with Gasteiger partial charge in [-0.2, -0.15) is 0 Å². The molecular weight excluding hydrogens is 366 g/mol. The first-order valence-corrected chi connectivity index (χ1v) is 10.1. The third kappa shape index (κ3) is 3.99. The molecule has 0 bridgehead atoms. The summed E-state index contributed by atoms with van der Waals surface area (Å²) in [6, 6.07) is 11.5. The number of piperidine rings is 1. The second-order valence-corrected chi connectivity index (χ2v) is 7.31. The van der Waals surface area contributed by atoms with Crippen LogP contribution in [0.25, 0.3) is 11.0 Å². The summed E-state index contributed by atoms with van der Waals surface area (Å²) in [5, 5.41) is 3.00. The van der Waals surface area contributed by atoms with E-state index in [4.69, 9.17) is 0 Å². The lowest BCUT2D eigenvalue weighted by Crippen LogP contribution is -2.43. The maximum atomic E-state index is 13.0. The molecule has 2 aromatic heterocycles. The Morgan fingerprint density at radius 1 is 1.17 bits per heavy atom. The molecular formula is C22H25N5O2. The van der Waals surface area contributed by atoms with E-state index in [1.807, 2.05) is 48.2 Å². The first-order chi connectivity index (χ1) is 14.2. The highest BCUT2D eigenvalue weighted by atomic mass is 16.2. The number of pyridine rings is 1. The molecule has 0 aliphatic carbocycles. The molecule has 1 saturated heterocycles. The molecule has 29 heavy (non-hydrogen) atoms. The van der Waals surface area contributed by atoms with Crippen LogP contribution in [0.5, 0.6) is 0 Å². The fourth-order valence-corrected chi connectivity index (χ4v) is 3.89. The lowest BCUT2D eigenvalue weighted by molar-refractivity contribution is -0.125. The molecule has 4 rings (SSSR count). The zero-order valence-corrected chi connectivity index (χ0v) is 16.5. The normalized spacial score (nSPS) is 14.9. The van der Waals surface area contributed by atoms with Gasteiger partial charge in [-0.15, -0.1) is 0 Å². The number of fused-ring (bicyclic) bond motifs is 1. The first-order valence-electron chi connectivity index (χ1n) is 10.1. The highest BCUT2D eigenvalue weighted by Crippen LogP contribution is 2.22. The van der Waals surface area contributed by atoms with Crippen molar-refractivity contribution in [1.82, 2.24) is 19.9 Å². The third-order valence-electron chi connectivity index (χ3n) is 5.51. The Balaban J connectivity index is 1.44. The van der Waals surface area contributed by atoms with Crippen molar-refractivity contribution in [1.29, 1.82) is 0 Å². The first kappa shape index (κ1) is 19.1. The van der Waals surface area contributed by atoms with Crippen molar-refractivity contribution in [2.45, 2.75) is 32.9 Å². The number of amides is 1. The van der Waals surface area contributed by atoms with E-state index in [2.05, 4.69) is 15.3 Å². The van der Waals surface area contributed by atoms with Gasteiger partial charge in [0.25, 0.3) is 5.56 Å². The second-order valence-electron chi connectivity index (χ2n) is 7.31. The Kier molecular flexibility index (Phi) is 5.55. The van der Waals surface area contributed by atoms with E-state index < -0.39 is 0 Å². The van der Waals surface area contributed by atoms with Crippen molar-refractivity contribution < 1.29 is 4.79 Å². The predicted molar refractivity (Wildman–Crippen MR) is 113 cm³/mol. The summed E-state index contributed by atoms with van der Waals surface area (Å²) in [5.41, 5.74) is 2.60. The summed E-state index contributed by atoms with van der Waals surface area (Å²) in [7, 11) is 0. The van der Waals surface area contributed by atoms with Gasteiger partial charge in [0.15, 0.2) is 5.82 Å². The van der Waals surface area contributed by atoms with E-state index in [1.165, 1.54) is 0 Å². The molecule has 0 unspecified atom stereocenters. The molecule has 7 heteroatoms. The van der Waals surface area contributed by atoms with E-state index >= 15 is 0 Å². The number of hydrogen-bond acceptors (Lipinski definition) is 5. The van der Waals surface area contributed by atoms with Crippen LogP contribution in [0.4, 0.5) is 5.82 Å². The summed E-state index contributed by atoms with van der Waals surface area (Å²) < 4.78 is 1.77. The van der Waals surface area contributed by atoms with Crippen LogP contribution in [0.1, 0.15) is 25.3 Å². The van der Waals surface area contributed by atoms with Gasteiger partial charge in [0.05, 0.1) is 11.0 Å². The minimum absolute atomic E-state index is 0.0446. The van der Waals surface area contributed by atoms with E-state index in [1.54, 1.807) is 17.0 Å². The number of benzene rings is 1. The quantitative estimate of drug-likeness (QED) is 0.722. The predicted octanol–water partition coefficient (Wildman–Crippen LogP) is 2.34. The monoisotopic (exact) mass is 391 g/mol. The maximum absolute atomic E-state index is 13.0. The van der Waals surface area contributed by atoms with Crippen LogP contribution >= 0.6 is 0 Å². The molecule has 0 atom stereocenters. The minimum atomic E-state index is -0.0642. The standard InChI is InChI=1S/C22H25N5O2/c1-2-27-19-8-4-3-7-18(19)25-20(22(27)29)26-12-9-17(10-13-26)21(28)24-15-16-6-5-11-23-14-16/h3-8,11,14,17H,2,9-10,12-13,15H2,1H3,(H,24,28). The molecule has 0 radical (unpaired) electrons. The second kappa shape index (κ2) is 8.43. The van der Waals surface area contributed by atoms with Crippen molar-refractivity contribution in [2.24, 2.45) is 5.92 Å². The number of carbonyl (C=O) groups excluding carboxylic acids is 1. The Bertz CT molecular complexity index is 1060. The van der Waals surface area contributed by atoms with Crippen LogP contribution < -0.4 is 15.8 Å². The van der Waals surface area contributed by atoms with Gasteiger partial charge in [-0.3, -0.25) is 14.6 Å². The van der Waals surface area contributed by atoms with Crippen LogP contribution in [0, 0.1) is 5.92 Å². The summed E-state index contributed by atoms with van der Waals surface area (Å²) in [5.74, 6) is 0.502. The summed E-state index contributed by atoms with van der Waals surface area (Å²) in [4.78, 5) is 36.2. The third-order valence-corrected chi connectivity index (χ3v) is 5.51. The summed E-state index contributed by atoms with van der Waals surface area (Å²) >= 11 is 0. The number of para-hydroxylation sites is 2. The van der Waals surface area contributed by atoms with Crippen molar-refractivity contribution in [3.63, 3.8) is 0 Å². The Morgan fingerprint density at radius 2 is 1.97 bits per heavy atom. The Hall–Kier alpha value is -3.22. The van der Waals surface area contributed by atoms with Gasteiger partial charge in [0.2, 0.25) is 5.91 Å². The molecule has 0 spiro atoms. The van der Waals surface area contributed by atoms with Crippen molar-refractivity contribution >= 4 is 22.8 Å². The molecule has 1 aromatic carbocycles. The van der Waals surface area contributed by atoms with Gasteiger partial charge in [0.1, 0.15) is 0 Å². The van der Waals surface area contributed by atoms with Crippen molar-refractivity contribution in [3.05, 3.63) is 64.7 Å². The molecule has 1 N–H and O–H groups in total. The van der Waals surface area contributed by atoms with Gasteiger partial charge in [-0.25, -0.2) is 4.98 Å². The van der Waals surface area contributed by atoms with Crippen molar-refractivity contribution in [2.75, 3.05) is 18.0 Å². The molecule has 1 fully saturated rings. The fourth-order valence-electron chi connectivity index (χ4n) is 3.89. The van der Waals surface area contributed by atoms with Crippen molar-refractivity contribution in [3.8, 4) is 0 Å². The number of aryl methyl sites for hydroxylation is 1. The van der Waals surface area contributed by atoms with Crippen LogP contribution in [0.2, 0.25) is 0 Å². The van der Waals surface area contributed by atoms with Crippen LogP contribution in [-0.2, 0) is 17.9 Å². The van der Waals surface area contributed by atoms with Gasteiger partial charge >= 0.3 is 0 Å². The number of rotatable bonds is 5. The average Bonchev–Trinajstić information content (AvgIpc) is 2.78. The number of aromatic nitrogens is 3. The number of anilines is 1. The maximum Gasteiger partial charge on any atom is 0.293 e. The SMILES string of the molecule is CCn1c(=O)c(N2CCC(C(=O)NCc3cccnc3)CC2)nc2ccccc21. The zero-order valence-electron chi connectivity index (χ0n) is 16.5. The van der Waals surface area contributed by atoms with Crippen LogP contribution in [0.15, 0.2) is 53.6 Å². The lowest BCUT2D eigenvalue weighted by Gasteiger charge is -2.32. The molecule has 1 amide bonds. The van der Waals surface area contributed by atoms with Gasteiger partial charge in [-0.1, -0.05) is 18.2 Å². The molecule has 150 valence electrons. The average molecular weight is 391 g/mol. The van der Waals surface area contributed by atoms with Gasteiger partial charge in [0, 0.05) is 44.5 Å². The van der Waals surface area contributed by atoms with E-state index in [0.29, 0.717) is 44.8 Å². The van der Waals surface area contributed by atoms with Crippen LogP contribution in [0.3, 0.4) is 0 Å². The number of nitrogens with one attached hydrogen (secondary N) is 1. The molecule has 1 aliphatic heterocycles. The topological polar surface area (TPSA) is 80.1 Å². The number of nitrogens with zero attached hydrogens (tertiary/aromatic N) is 4.